The predicted molar refractivity (Wildman–Crippen MR) is 58.9 cm³/mol. The highest BCUT2D eigenvalue weighted by Crippen LogP contribution is 2.24. The zero-order valence-electron chi connectivity index (χ0n) is 8.15. The fourth-order valence-corrected chi connectivity index (χ4v) is 0.960. The van der Waals surface area contributed by atoms with Crippen LogP contribution in [0.1, 0.15) is 10.4 Å². The molecule has 0 unspecified atom stereocenters. The number of benzene rings is 1. The molecule has 0 atom stereocenters. The topological polar surface area (TPSA) is 101 Å². The van der Waals surface area contributed by atoms with E-state index in [0.29, 0.717) is 5.56 Å². The van der Waals surface area contributed by atoms with Gasteiger partial charge in [-0.3, -0.25) is 4.79 Å². The minimum atomic E-state index is -0.276. The molecule has 0 aliphatic heterocycles. The Kier molecular flexibility index (Phi) is 7.59. The summed E-state index contributed by atoms with van der Waals surface area (Å²) in [7, 11) is 1.66. The normalized spacial score (nSPS) is 8.60. The van der Waals surface area contributed by atoms with Crippen LogP contribution in [0.25, 0.3) is 0 Å². The molecule has 0 spiro atoms. The molecule has 0 bridgehead atoms. The van der Waals surface area contributed by atoms with E-state index < -0.39 is 0 Å². The summed E-state index contributed by atoms with van der Waals surface area (Å²) >= 11 is 0. The SMILES string of the molecule is CNCC(=O)c1ccc(O)c(O)c1.Cl.O. The van der Waals surface area contributed by atoms with Crippen LogP contribution in [0.5, 0.6) is 11.5 Å². The molecule has 0 amide bonds. The van der Waals surface area contributed by atoms with Crippen molar-refractivity contribution in [3.63, 3.8) is 0 Å². The Labute approximate surface area is 93.5 Å². The maximum absolute atomic E-state index is 11.3. The van der Waals surface area contributed by atoms with Crippen LogP contribution in [0.2, 0.25) is 0 Å². The van der Waals surface area contributed by atoms with Gasteiger partial charge in [-0.15, -0.1) is 12.4 Å². The van der Waals surface area contributed by atoms with Crippen molar-refractivity contribution >= 4 is 18.2 Å². The standard InChI is InChI=1S/C9H11NO3.ClH.H2O/c1-10-5-9(13)6-2-3-7(11)8(12)4-6;;/h2-4,10-12H,5H2,1H3;1H;1H2. The lowest BCUT2D eigenvalue weighted by Crippen LogP contribution is -2.18. The molecule has 5 N–H and O–H groups in total. The second kappa shape index (κ2) is 7.05. The molecule has 0 fully saturated rings. The molecule has 5 nitrogen and oxygen atoms in total. The smallest absolute Gasteiger partial charge is 0.176 e. The highest BCUT2D eigenvalue weighted by Gasteiger charge is 2.07. The van der Waals surface area contributed by atoms with Gasteiger partial charge in [0.25, 0.3) is 0 Å². The quantitative estimate of drug-likeness (QED) is 0.511. The van der Waals surface area contributed by atoms with E-state index in [0.717, 1.165) is 0 Å². The Morgan fingerprint density at radius 2 is 1.93 bits per heavy atom. The predicted octanol–water partition coefficient (Wildman–Crippen LogP) is 0.0970. The number of phenolic OH excluding ortho intramolecular Hbond substituents is 2. The Morgan fingerprint density at radius 1 is 1.33 bits per heavy atom. The van der Waals surface area contributed by atoms with E-state index in [-0.39, 0.29) is 41.7 Å². The monoisotopic (exact) mass is 235 g/mol. The van der Waals surface area contributed by atoms with Crippen molar-refractivity contribution in [2.45, 2.75) is 0 Å². The van der Waals surface area contributed by atoms with Gasteiger partial charge in [-0.25, -0.2) is 0 Å². The second-order valence-electron chi connectivity index (χ2n) is 2.66. The third kappa shape index (κ3) is 4.16. The van der Waals surface area contributed by atoms with E-state index in [9.17, 15) is 4.79 Å². The lowest BCUT2D eigenvalue weighted by atomic mass is 10.1. The van der Waals surface area contributed by atoms with Crippen molar-refractivity contribution in [1.29, 1.82) is 0 Å². The summed E-state index contributed by atoms with van der Waals surface area (Å²) in [6.45, 7) is 0.213. The van der Waals surface area contributed by atoms with Gasteiger partial charge in [-0.05, 0) is 25.2 Å². The van der Waals surface area contributed by atoms with Crippen molar-refractivity contribution < 1.29 is 20.5 Å². The lowest BCUT2D eigenvalue weighted by molar-refractivity contribution is 0.0993. The van der Waals surface area contributed by atoms with E-state index in [4.69, 9.17) is 10.2 Å². The molecule has 15 heavy (non-hydrogen) atoms. The number of hydrogen-bond acceptors (Lipinski definition) is 4. The molecule has 0 saturated carbocycles. The van der Waals surface area contributed by atoms with Gasteiger partial charge < -0.3 is 21.0 Å². The summed E-state index contributed by atoms with van der Waals surface area (Å²) in [6, 6.07) is 4.00. The Hall–Kier alpha value is -1.30. The Bertz CT molecular complexity index is 330. The average molecular weight is 236 g/mol. The van der Waals surface area contributed by atoms with E-state index in [1.807, 2.05) is 0 Å². The first-order valence-electron chi connectivity index (χ1n) is 3.85. The average Bonchev–Trinajstić information content (AvgIpc) is 2.10. The molecule has 0 aliphatic carbocycles. The molecule has 0 heterocycles. The van der Waals surface area contributed by atoms with Crippen molar-refractivity contribution in [3.05, 3.63) is 23.8 Å². The fourth-order valence-electron chi connectivity index (χ4n) is 0.960. The zero-order valence-corrected chi connectivity index (χ0v) is 8.97. The molecule has 1 aromatic carbocycles. The van der Waals surface area contributed by atoms with Crippen LogP contribution >= 0.6 is 12.4 Å². The number of likely N-dealkylation sites (N-methyl/N-ethyl adjacent to an activating group) is 1. The number of aromatic hydroxyl groups is 2. The van der Waals surface area contributed by atoms with Gasteiger partial charge in [0.05, 0.1) is 6.54 Å². The highest BCUT2D eigenvalue weighted by atomic mass is 35.5. The van der Waals surface area contributed by atoms with Crippen molar-refractivity contribution in [2.75, 3.05) is 13.6 Å². The molecule has 1 aromatic rings. The summed E-state index contributed by atoms with van der Waals surface area (Å²) in [5.74, 6) is -0.624. The second-order valence-corrected chi connectivity index (χ2v) is 2.66. The van der Waals surface area contributed by atoms with Crippen LogP contribution < -0.4 is 5.32 Å². The number of nitrogens with one attached hydrogen (secondary N) is 1. The minimum Gasteiger partial charge on any atom is -0.504 e. The van der Waals surface area contributed by atoms with Crippen molar-refractivity contribution in [2.24, 2.45) is 0 Å². The third-order valence-electron chi connectivity index (χ3n) is 1.63. The molecule has 86 valence electrons. The number of phenols is 2. The van der Waals surface area contributed by atoms with Crippen LogP contribution in [0.4, 0.5) is 0 Å². The number of halogens is 1. The first kappa shape index (κ1) is 16.1. The lowest BCUT2D eigenvalue weighted by Gasteiger charge is -2.01. The summed E-state index contributed by atoms with van der Waals surface area (Å²) in [4.78, 5) is 11.3. The Morgan fingerprint density at radius 3 is 2.40 bits per heavy atom. The van der Waals surface area contributed by atoms with Crippen LogP contribution in [0, 0.1) is 0 Å². The number of Topliss-reactive ketones (excluding diaryl/α,β-unsaturated/α-hetero) is 1. The number of carbonyl (C=O) groups is 1. The number of carbonyl (C=O) groups excluding carboxylic acids is 1. The zero-order chi connectivity index (χ0) is 9.84. The Balaban J connectivity index is 0. The van der Waals surface area contributed by atoms with Crippen LogP contribution in [0.15, 0.2) is 18.2 Å². The molecule has 0 aromatic heterocycles. The van der Waals surface area contributed by atoms with Crippen LogP contribution in [0.3, 0.4) is 0 Å². The van der Waals surface area contributed by atoms with E-state index >= 15 is 0 Å². The number of hydrogen-bond donors (Lipinski definition) is 3. The maximum Gasteiger partial charge on any atom is 0.176 e. The van der Waals surface area contributed by atoms with Crippen molar-refractivity contribution in [1.82, 2.24) is 5.32 Å². The largest absolute Gasteiger partial charge is 0.504 e. The van der Waals surface area contributed by atoms with Gasteiger partial charge in [-0.1, -0.05) is 0 Å². The number of ketones is 1. The highest BCUT2D eigenvalue weighted by molar-refractivity contribution is 5.98. The van der Waals surface area contributed by atoms with E-state index in [1.54, 1.807) is 7.05 Å². The summed E-state index contributed by atoms with van der Waals surface area (Å²) in [5.41, 5.74) is 0.379. The van der Waals surface area contributed by atoms with Gasteiger partial charge in [0, 0.05) is 5.56 Å². The molecule has 0 radical (unpaired) electrons. The van der Waals surface area contributed by atoms with Crippen molar-refractivity contribution in [3.8, 4) is 11.5 Å². The minimum absolute atomic E-state index is 0. The van der Waals surface area contributed by atoms with Gasteiger partial charge in [0.2, 0.25) is 0 Å². The first-order valence-corrected chi connectivity index (χ1v) is 3.85. The van der Waals surface area contributed by atoms with Gasteiger partial charge in [0.1, 0.15) is 0 Å². The summed E-state index contributed by atoms with van der Waals surface area (Å²) in [6.07, 6.45) is 0. The summed E-state index contributed by atoms with van der Waals surface area (Å²) in [5, 5.41) is 20.8. The van der Waals surface area contributed by atoms with E-state index in [1.165, 1.54) is 18.2 Å². The molecule has 6 heteroatoms. The molecule has 0 saturated heterocycles. The molecule has 0 aliphatic rings. The molecule has 1 rings (SSSR count). The molecular weight excluding hydrogens is 222 g/mol. The maximum atomic E-state index is 11.3. The summed E-state index contributed by atoms with van der Waals surface area (Å²) < 4.78 is 0. The third-order valence-corrected chi connectivity index (χ3v) is 1.63. The van der Waals surface area contributed by atoms with E-state index in [2.05, 4.69) is 5.32 Å². The van der Waals surface area contributed by atoms with Crippen LogP contribution in [-0.2, 0) is 0 Å². The van der Waals surface area contributed by atoms with Gasteiger partial charge in [0.15, 0.2) is 17.3 Å². The van der Waals surface area contributed by atoms with Gasteiger partial charge >= 0.3 is 0 Å². The first-order chi connectivity index (χ1) is 6.15. The number of rotatable bonds is 3. The fraction of sp³-hybridized carbons (Fsp3) is 0.222. The molecular formula is C9H14ClNO4. The van der Waals surface area contributed by atoms with Gasteiger partial charge in [-0.2, -0.15) is 0 Å². The van der Waals surface area contributed by atoms with Crippen LogP contribution in [-0.4, -0.2) is 35.1 Å².